The van der Waals surface area contributed by atoms with Gasteiger partial charge in [-0.05, 0) is 24.6 Å². The van der Waals surface area contributed by atoms with Crippen molar-refractivity contribution in [2.24, 2.45) is 4.99 Å². The van der Waals surface area contributed by atoms with Gasteiger partial charge < -0.3 is 10.2 Å². The van der Waals surface area contributed by atoms with Crippen LogP contribution in [0.5, 0.6) is 0 Å². The molecular weight excluding hydrogens is 358 g/mol. The van der Waals surface area contributed by atoms with Crippen molar-refractivity contribution in [1.29, 1.82) is 0 Å². The Balaban J connectivity index is 1.66. The van der Waals surface area contributed by atoms with Crippen molar-refractivity contribution >= 4 is 38.4 Å². The molecule has 3 rings (SSSR count). The smallest absolute Gasteiger partial charge is 0.253 e. The zero-order valence-electron chi connectivity index (χ0n) is 14.4. The number of hydrogen-bond donors (Lipinski definition) is 1. The molecule has 0 radical (unpaired) electrons. The Morgan fingerprint density at radius 1 is 1.40 bits per heavy atom. The van der Waals surface area contributed by atoms with Crippen LogP contribution in [0.25, 0.3) is 0 Å². The highest BCUT2D eigenvalue weighted by Crippen LogP contribution is 2.34. The fourth-order valence-corrected chi connectivity index (χ4v) is 6.66. The maximum Gasteiger partial charge on any atom is 0.253 e. The zero-order valence-corrected chi connectivity index (χ0v) is 16.1. The Labute approximate surface area is 153 Å². The molecule has 0 aromatic heterocycles. The molecule has 2 aliphatic heterocycles. The van der Waals surface area contributed by atoms with Crippen molar-refractivity contribution in [3.05, 3.63) is 29.8 Å². The zero-order chi connectivity index (χ0) is 18.0. The fourth-order valence-electron chi connectivity index (χ4n) is 2.99. The number of amides is 1. The molecule has 136 valence electrons. The Hall–Kier alpha value is -1.54. The summed E-state index contributed by atoms with van der Waals surface area (Å²) in [7, 11) is -1.13. The Morgan fingerprint density at radius 3 is 2.92 bits per heavy atom. The number of sulfone groups is 1. The van der Waals surface area contributed by atoms with Crippen LogP contribution in [0, 0.1) is 0 Å². The van der Waals surface area contributed by atoms with Crippen LogP contribution in [-0.2, 0) is 9.84 Å². The summed E-state index contributed by atoms with van der Waals surface area (Å²) >= 11 is 1.47. The van der Waals surface area contributed by atoms with E-state index in [-0.39, 0.29) is 28.7 Å². The Morgan fingerprint density at radius 2 is 2.20 bits per heavy atom. The van der Waals surface area contributed by atoms with Gasteiger partial charge in [0.15, 0.2) is 15.0 Å². The maximum absolute atomic E-state index is 12.5. The lowest BCUT2D eigenvalue weighted by molar-refractivity contribution is 0.0793. The number of unbranched alkanes of at least 4 members (excludes halogenated alkanes) is 1. The number of fused-ring (bicyclic) bond motifs is 1. The quantitative estimate of drug-likeness (QED) is 0.846. The summed E-state index contributed by atoms with van der Waals surface area (Å²) in [4.78, 5) is 18.7. The molecule has 0 bridgehead atoms. The van der Waals surface area contributed by atoms with Gasteiger partial charge in [-0.3, -0.25) is 9.79 Å². The maximum atomic E-state index is 12.5. The summed E-state index contributed by atoms with van der Waals surface area (Å²) < 4.78 is 23.2. The summed E-state index contributed by atoms with van der Waals surface area (Å²) in [5, 5.41) is 3.96. The van der Waals surface area contributed by atoms with E-state index in [4.69, 9.17) is 0 Å². The molecule has 6 nitrogen and oxygen atoms in total. The van der Waals surface area contributed by atoms with Crippen LogP contribution in [0.2, 0.25) is 0 Å². The number of aliphatic imine (C=N–C) groups is 1. The number of carbonyl (C=O) groups is 1. The first-order valence-corrected chi connectivity index (χ1v) is 11.2. The van der Waals surface area contributed by atoms with Crippen LogP contribution >= 0.6 is 11.8 Å². The number of thioether (sulfide) groups is 1. The van der Waals surface area contributed by atoms with Gasteiger partial charge in [-0.1, -0.05) is 31.2 Å². The normalized spacial score (nSPS) is 23.8. The van der Waals surface area contributed by atoms with Crippen molar-refractivity contribution in [3.63, 3.8) is 0 Å². The summed E-state index contributed by atoms with van der Waals surface area (Å²) in [5.74, 6) is 0.329. The van der Waals surface area contributed by atoms with E-state index >= 15 is 0 Å². The number of amidine groups is 1. The van der Waals surface area contributed by atoms with Crippen LogP contribution in [0.15, 0.2) is 29.3 Å². The molecule has 1 saturated heterocycles. The molecule has 25 heavy (non-hydrogen) atoms. The van der Waals surface area contributed by atoms with Crippen LogP contribution < -0.4 is 5.32 Å². The predicted molar refractivity (Wildman–Crippen MR) is 103 cm³/mol. The largest absolute Gasteiger partial charge is 0.342 e. The minimum Gasteiger partial charge on any atom is -0.342 e. The van der Waals surface area contributed by atoms with E-state index in [0.29, 0.717) is 5.56 Å². The number of carbonyl (C=O) groups excluding carboxylic acids is 1. The van der Waals surface area contributed by atoms with Gasteiger partial charge in [0.1, 0.15) is 0 Å². The highest BCUT2D eigenvalue weighted by atomic mass is 32.2. The number of benzene rings is 1. The molecule has 1 aromatic rings. The molecular formula is C17H23N3O3S2. The first kappa shape index (κ1) is 18.3. The molecule has 2 atom stereocenters. The third-order valence-corrected chi connectivity index (χ3v) is 7.51. The monoisotopic (exact) mass is 381 g/mol. The third kappa shape index (κ3) is 4.36. The van der Waals surface area contributed by atoms with Gasteiger partial charge in [0.05, 0.1) is 17.5 Å². The average Bonchev–Trinajstić information content (AvgIpc) is 3.04. The lowest BCUT2D eigenvalue weighted by Gasteiger charge is -2.17. The van der Waals surface area contributed by atoms with Crippen LogP contribution in [0.1, 0.15) is 30.1 Å². The summed E-state index contributed by atoms with van der Waals surface area (Å²) in [6.07, 6.45) is 2.04. The summed E-state index contributed by atoms with van der Waals surface area (Å²) in [5.41, 5.74) is 1.43. The van der Waals surface area contributed by atoms with Gasteiger partial charge >= 0.3 is 0 Å². The predicted octanol–water partition coefficient (Wildman–Crippen LogP) is 2.24. The van der Waals surface area contributed by atoms with Gasteiger partial charge in [-0.2, -0.15) is 0 Å². The molecule has 0 saturated carbocycles. The summed E-state index contributed by atoms with van der Waals surface area (Å²) in [6, 6.07) is 7.20. The van der Waals surface area contributed by atoms with E-state index in [1.807, 2.05) is 25.2 Å². The molecule has 1 aromatic carbocycles. The van der Waals surface area contributed by atoms with Crippen LogP contribution in [0.4, 0.5) is 5.69 Å². The second-order valence-electron chi connectivity index (χ2n) is 6.52. The Bertz CT molecular complexity index is 792. The minimum atomic E-state index is -2.94. The lowest BCUT2D eigenvalue weighted by Crippen LogP contribution is -2.27. The average molecular weight is 382 g/mol. The number of anilines is 1. The Kier molecular flexibility index (Phi) is 5.38. The molecule has 0 spiro atoms. The van der Waals surface area contributed by atoms with Crippen molar-refractivity contribution in [3.8, 4) is 0 Å². The van der Waals surface area contributed by atoms with Gasteiger partial charge in [-0.15, -0.1) is 0 Å². The molecule has 1 N–H and O–H groups in total. The van der Waals surface area contributed by atoms with E-state index in [1.54, 1.807) is 11.0 Å². The molecule has 1 fully saturated rings. The van der Waals surface area contributed by atoms with Crippen molar-refractivity contribution in [1.82, 2.24) is 4.90 Å². The number of nitrogens with one attached hydrogen (secondary N) is 1. The van der Waals surface area contributed by atoms with E-state index in [9.17, 15) is 13.2 Å². The van der Waals surface area contributed by atoms with Crippen molar-refractivity contribution in [2.45, 2.75) is 31.1 Å². The van der Waals surface area contributed by atoms with Crippen molar-refractivity contribution < 1.29 is 13.2 Å². The molecule has 2 aliphatic rings. The molecule has 1 amide bonds. The molecule has 8 heteroatoms. The van der Waals surface area contributed by atoms with Crippen LogP contribution in [0.3, 0.4) is 0 Å². The van der Waals surface area contributed by atoms with Gasteiger partial charge in [0.25, 0.3) is 5.91 Å². The first-order chi connectivity index (χ1) is 11.9. The third-order valence-electron chi connectivity index (χ3n) is 4.37. The highest BCUT2D eigenvalue weighted by Gasteiger charge is 2.42. The second kappa shape index (κ2) is 7.37. The highest BCUT2D eigenvalue weighted by molar-refractivity contribution is 8.15. The number of rotatable bonds is 5. The minimum absolute atomic E-state index is 0.000997. The topological polar surface area (TPSA) is 78.8 Å². The second-order valence-corrected chi connectivity index (χ2v) is 9.90. The van der Waals surface area contributed by atoms with Crippen molar-refractivity contribution in [2.75, 3.05) is 30.4 Å². The van der Waals surface area contributed by atoms with Gasteiger partial charge in [0.2, 0.25) is 0 Å². The standard InChI is InChI=1S/C17H23N3O3S2/c1-3-4-8-20(2)16(21)12-6-5-7-13(9-12)18-17-19-14-10-25(22,23)11-15(14)24-17/h5-7,9,14-15H,3-4,8,10-11H2,1-2H3,(H,18,19)/t14-,15-/m0/s1. The van der Waals surface area contributed by atoms with Gasteiger partial charge in [0, 0.05) is 30.1 Å². The van der Waals surface area contributed by atoms with E-state index < -0.39 is 9.84 Å². The molecule has 0 unspecified atom stereocenters. The number of hydrogen-bond acceptors (Lipinski definition) is 6. The molecule has 2 heterocycles. The first-order valence-electron chi connectivity index (χ1n) is 8.45. The fraction of sp³-hybridized carbons (Fsp3) is 0.529. The van der Waals surface area contributed by atoms with E-state index in [2.05, 4.69) is 17.2 Å². The van der Waals surface area contributed by atoms with E-state index in [0.717, 1.165) is 30.2 Å². The molecule has 0 aliphatic carbocycles. The SMILES string of the molecule is CCCCN(C)C(=O)c1cccc(NC2=N[C@H]3CS(=O)(=O)C[C@@H]3S2)c1. The number of nitrogens with zero attached hydrogens (tertiary/aromatic N) is 2. The lowest BCUT2D eigenvalue weighted by atomic mass is 10.1. The van der Waals surface area contributed by atoms with E-state index in [1.165, 1.54) is 11.8 Å². The summed E-state index contributed by atoms with van der Waals surface area (Å²) in [6.45, 7) is 2.84. The van der Waals surface area contributed by atoms with Crippen LogP contribution in [-0.4, -0.2) is 60.8 Å². The van der Waals surface area contributed by atoms with Gasteiger partial charge in [-0.25, -0.2) is 8.42 Å².